The van der Waals surface area contributed by atoms with Crippen molar-refractivity contribution in [2.75, 3.05) is 33.2 Å². The van der Waals surface area contributed by atoms with E-state index < -0.39 is 0 Å². The van der Waals surface area contributed by atoms with Gasteiger partial charge in [-0.25, -0.2) is 4.79 Å². The van der Waals surface area contributed by atoms with E-state index in [1.807, 2.05) is 22.9 Å². The highest BCUT2D eigenvalue weighted by Crippen LogP contribution is 2.37. The summed E-state index contributed by atoms with van der Waals surface area (Å²) in [7, 11) is 1.93. The lowest BCUT2D eigenvalue weighted by Crippen LogP contribution is -2.56. The number of hydrogen-bond donors (Lipinski definition) is 1. The largest absolute Gasteiger partial charge is 0.340 e. The molecule has 1 N–H and O–H groups in total. The molecule has 1 aromatic carbocycles. The second kappa shape index (κ2) is 8.11. The Labute approximate surface area is 167 Å². The van der Waals surface area contributed by atoms with Crippen LogP contribution in [-0.2, 0) is 11.3 Å². The van der Waals surface area contributed by atoms with Crippen LogP contribution in [0.4, 0.5) is 4.79 Å². The summed E-state index contributed by atoms with van der Waals surface area (Å²) in [6, 6.07) is 10.8. The van der Waals surface area contributed by atoms with Crippen molar-refractivity contribution in [3.05, 3.63) is 35.9 Å². The predicted molar refractivity (Wildman–Crippen MR) is 109 cm³/mol. The first kappa shape index (κ1) is 19.2. The second-order valence-corrected chi connectivity index (χ2v) is 8.67. The number of rotatable bonds is 3. The average Bonchev–Trinajstić information content (AvgIpc) is 2.98. The molecule has 3 heterocycles. The van der Waals surface area contributed by atoms with E-state index in [4.69, 9.17) is 0 Å². The van der Waals surface area contributed by atoms with Crippen molar-refractivity contribution in [1.82, 2.24) is 20.0 Å². The molecule has 3 amide bonds. The quantitative estimate of drug-likeness (QED) is 0.871. The van der Waals surface area contributed by atoms with Gasteiger partial charge in [-0.2, -0.15) is 0 Å². The van der Waals surface area contributed by atoms with Crippen molar-refractivity contribution in [2.45, 2.75) is 56.7 Å². The van der Waals surface area contributed by atoms with Crippen molar-refractivity contribution in [3.8, 4) is 0 Å². The van der Waals surface area contributed by atoms with Crippen LogP contribution in [-0.4, -0.2) is 71.4 Å². The lowest BCUT2D eigenvalue weighted by molar-refractivity contribution is -0.130. The summed E-state index contributed by atoms with van der Waals surface area (Å²) in [6.07, 6.45) is 5.55. The standard InChI is InChI=1S/C22H32N4O2/c1-24-20(27)9-10-22(24)11-14-26(15-12-22)21(28)23-19-8-5-13-25(17-19)16-18-6-3-2-4-7-18/h2-4,6-7,19H,5,8-17H2,1H3,(H,23,28)/t19-/m0/s1. The molecular formula is C22H32N4O2. The van der Waals surface area contributed by atoms with Crippen LogP contribution in [0.5, 0.6) is 0 Å². The minimum absolute atomic E-state index is 0.00875. The minimum atomic E-state index is -0.00875. The Morgan fingerprint density at radius 2 is 1.89 bits per heavy atom. The maximum absolute atomic E-state index is 12.8. The number of nitrogens with zero attached hydrogens (tertiary/aromatic N) is 3. The third-order valence-electron chi connectivity index (χ3n) is 6.95. The lowest BCUT2D eigenvalue weighted by Gasteiger charge is -2.44. The van der Waals surface area contributed by atoms with E-state index in [9.17, 15) is 9.59 Å². The molecule has 4 rings (SSSR count). The molecule has 0 saturated carbocycles. The third kappa shape index (κ3) is 4.02. The Bertz CT molecular complexity index is 700. The van der Waals surface area contributed by atoms with E-state index in [1.165, 1.54) is 5.56 Å². The highest BCUT2D eigenvalue weighted by atomic mass is 16.2. The molecule has 1 atom stereocenters. The van der Waals surface area contributed by atoms with E-state index in [0.717, 1.165) is 64.8 Å². The highest BCUT2D eigenvalue weighted by molar-refractivity contribution is 5.79. The van der Waals surface area contributed by atoms with E-state index in [2.05, 4.69) is 34.5 Å². The molecule has 6 nitrogen and oxygen atoms in total. The molecule has 1 spiro atoms. The Balaban J connectivity index is 1.26. The lowest BCUT2D eigenvalue weighted by atomic mass is 9.85. The van der Waals surface area contributed by atoms with Gasteiger partial charge in [-0.3, -0.25) is 9.69 Å². The van der Waals surface area contributed by atoms with Crippen LogP contribution in [0.3, 0.4) is 0 Å². The number of hydrogen-bond acceptors (Lipinski definition) is 3. The number of piperidine rings is 2. The summed E-state index contributed by atoms with van der Waals surface area (Å²) in [4.78, 5) is 31.0. The first-order chi connectivity index (χ1) is 13.6. The molecule has 0 aliphatic carbocycles. The van der Waals surface area contributed by atoms with Crippen LogP contribution < -0.4 is 5.32 Å². The molecule has 0 bridgehead atoms. The van der Waals surface area contributed by atoms with E-state index in [1.54, 1.807) is 0 Å². The van der Waals surface area contributed by atoms with Gasteiger partial charge >= 0.3 is 6.03 Å². The minimum Gasteiger partial charge on any atom is -0.340 e. The Kier molecular flexibility index (Phi) is 5.58. The molecular weight excluding hydrogens is 352 g/mol. The maximum atomic E-state index is 12.8. The number of amides is 3. The summed E-state index contributed by atoms with van der Waals surface area (Å²) in [5.41, 5.74) is 1.32. The molecule has 3 aliphatic rings. The number of urea groups is 1. The van der Waals surface area contributed by atoms with Gasteiger partial charge in [0.1, 0.15) is 0 Å². The average molecular weight is 385 g/mol. The number of nitrogens with one attached hydrogen (secondary N) is 1. The van der Waals surface area contributed by atoms with Crippen molar-refractivity contribution < 1.29 is 9.59 Å². The van der Waals surface area contributed by atoms with Gasteiger partial charge in [0.15, 0.2) is 0 Å². The first-order valence-corrected chi connectivity index (χ1v) is 10.6. The first-order valence-electron chi connectivity index (χ1n) is 10.6. The zero-order chi connectivity index (χ0) is 19.6. The summed E-state index contributed by atoms with van der Waals surface area (Å²) in [5, 5.41) is 3.27. The Morgan fingerprint density at radius 1 is 1.14 bits per heavy atom. The summed E-state index contributed by atoms with van der Waals surface area (Å²) >= 11 is 0. The molecule has 28 heavy (non-hydrogen) atoms. The van der Waals surface area contributed by atoms with Crippen LogP contribution in [0.15, 0.2) is 30.3 Å². The summed E-state index contributed by atoms with van der Waals surface area (Å²) in [6.45, 7) is 4.43. The summed E-state index contributed by atoms with van der Waals surface area (Å²) in [5.74, 6) is 0.249. The van der Waals surface area contributed by atoms with Crippen LogP contribution in [0.2, 0.25) is 0 Å². The van der Waals surface area contributed by atoms with Crippen LogP contribution in [0, 0.1) is 0 Å². The molecule has 0 unspecified atom stereocenters. The van der Waals surface area contributed by atoms with Gasteiger partial charge in [-0.1, -0.05) is 30.3 Å². The van der Waals surface area contributed by atoms with Gasteiger partial charge in [-0.05, 0) is 44.2 Å². The van der Waals surface area contributed by atoms with Crippen molar-refractivity contribution >= 4 is 11.9 Å². The molecule has 3 aliphatic heterocycles. The van der Waals surface area contributed by atoms with Gasteiger partial charge < -0.3 is 15.1 Å². The summed E-state index contributed by atoms with van der Waals surface area (Å²) < 4.78 is 0. The molecule has 6 heteroatoms. The topological polar surface area (TPSA) is 55.9 Å². The van der Waals surface area contributed by atoms with E-state index in [0.29, 0.717) is 6.42 Å². The molecule has 0 radical (unpaired) electrons. The fourth-order valence-electron chi connectivity index (χ4n) is 5.08. The van der Waals surface area contributed by atoms with Gasteiger partial charge in [0.05, 0.1) is 0 Å². The van der Waals surface area contributed by atoms with Gasteiger partial charge in [0, 0.05) is 51.2 Å². The van der Waals surface area contributed by atoms with Crippen LogP contribution in [0.1, 0.15) is 44.1 Å². The van der Waals surface area contributed by atoms with Crippen LogP contribution in [0.25, 0.3) is 0 Å². The fourth-order valence-corrected chi connectivity index (χ4v) is 5.08. The van der Waals surface area contributed by atoms with Gasteiger partial charge in [-0.15, -0.1) is 0 Å². The zero-order valence-electron chi connectivity index (χ0n) is 16.9. The number of likely N-dealkylation sites (tertiary alicyclic amines) is 3. The monoisotopic (exact) mass is 384 g/mol. The Hall–Kier alpha value is -2.08. The molecule has 0 aromatic heterocycles. The second-order valence-electron chi connectivity index (χ2n) is 8.67. The van der Waals surface area contributed by atoms with E-state index >= 15 is 0 Å². The molecule has 1 aromatic rings. The SMILES string of the molecule is CN1C(=O)CCC12CCN(C(=O)N[C@H]1CCCN(Cc3ccccc3)C1)CC2. The predicted octanol–water partition coefficient (Wildman–Crippen LogP) is 2.45. The molecule has 3 fully saturated rings. The van der Waals surface area contributed by atoms with Crippen LogP contribution >= 0.6 is 0 Å². The smallest absolute Gasteiger partial charge is 0.317 e. The zero-order valence-corrected chi connectivity index (χ0v) is 16.9. The normalized spacial score (nSPS) is 25.3. The van der Waals surface area contributed by atoms with Crippen molar-refractivity contribution in [2.24, 2.45) is 0 Å². The third-order valence-corrected chi connectivity index (χ3v) is 6.95. The van der Waals surface area contributed by atoms with Crippen molar-refractivity contribution in [3.63, 3.8) is 0 Å². The highest BCUT2D eigenvalue weighted by Gasteiger charge is 2.45. The molecule has 3 saturated heterocycles. The Morgan fingerprint density at radius 3 is 2.57 bits per heavy atom. The van der Waals surface area contributed by atoms with Gasteiger partial charge in [0.25, 0.3) is 0 Å². The number of benzene rings is 1. The van der Waals surface area contributed by atoms with E-state index in [-0.39, 0.29) is 23.5 Å². The maximum Gasteiger partial charge on any atom is 0.317 e. The molecule has 152 valence electrons. The number of carbonyl (C=O) groups excluding carboxylic acids is 2. The fraction of sp³-hybridized carbons (Fsp3) is 0.636. The van der Waals surface area contributed by atoms with Gasteiger partial charge in [0.2, 0.25) is 5.91 Å². The van der Waals surface area contributed by atoms with Crippen molar-refractivity contribution in [1.29, 1.82) is 0 Å². The number of carbonyl (C=O) groups is 2.